The Morgan fingerprint density at radius 2 is 1.92 bits per heavy atom. The zero-order valence-electron chi connectivity index (χ0n) is 6.68. The average Bonchev–Trinajstić information content (AvgIpc) is 2.53. The summed E-state index contributed by atoms with van der Waals surface area (Å²) in [5.41, 5.74) is 1.77. The van der Waals surface area contributed by atoms with Gasteiger partial charge in [0.1, 0.15) is 5.69 Å². The molecule has 0 aliphatic rings. The number of aromatic nitrogens is 3. The normalized spacial score (nSPS) is 10.2. The third-order valence-electron chi connectivity index (χ3n) is 1.65. The Kier molecular flexibility index (Phi) is 2.02. The molecular formula is C8H7BrN4. The molecule has 0 fully saturated rings. The van der Waals surface area contributed by atoms with E-state index in [1.165, 1.54) is 4.79 Å². The highest BCUT2D eigenvalue weighted by molar-refractivity contribution is 9.10. The van der Waals surface area contributed by atoms with E-state index < -0.39 is 0 Å². The largest absolute Gasteiger partial charge is 0.322 e. The smallest absolute Gasteiger partial charge is 0.115 e. The van der Waals surface area contributed by atoms with Crippen LogP contribution in [0.25, 0.3) is 11.3 Å². The molecule has 66 valence electrons. The van der Waals surface area contributed by atoms with Crippen molar-refractivity contribution in [2.45, 2.75) is 0 Å². The van der Waals surface area contributed by atoms with E-state index in [-0.39, 0.29) is 0 Å². The molecule has 4 nitrogen and oxygen atoms in total. The summed E-state index contributed by atoms with van der Waals surface area (Å²) in [7, 11) is 0. The van der Waals surface area contributed by atoms with Gasteiger partial charge in [-0.1, -0.05) is 28.1 Å². The van der Waals surface area contributed by atoms with Gasteiger partial charge in [-0.2, -0.15) is 4.79 Å². The zero-order valence-corrected chi connectivity index (χ0v) is 8.27. The number of hydrogen-bond donors (Lipinski definition) is 1. The molecule has 0 unspecified atom stereocenters. The molecule has 2 aromatic rings. The van der Waals surface area contributed by atoms with Gasteiger partial charge in [-0.3, -0.25) is 0 Å². The third kappa shape index (κ3) is 1.70. The van der Waals surface area contributed by atoms with Crippen molar-refractivity contribution >= 4 is 15.9 Å². The fourth-order valence-corrected chi connectivity index (χ4v) is 1.29. The lowest BCUT2D eigenvalue weighted by Crippen LogP contribution is -2.07. The molecule has 0 saturated carbocycles. The van der Waals surface area contributed by atoms with Crippen LogP contribution in [0.15, 0.2) is 34.9 Å². The predicted octanol–water partition coefficient (Wildman–Crippen LogP) is 1.42. The molecule has 0 amide bonds. The summed E-state index contributed by atoms with van der Waals surface area (Å²) in [5, 5.41) is 7.54. The molecule has 13 heavy (non-hydrogen) atoms. The van der Waals surface area contributed by atoms with Crippen LogP contribution in [0.1, 0.15) is 0 Å². The molecule has 0 spiro atoms. The second-order valence-corrected chi connectivity index (χ2v) is 3.51. The number of hydrogen-bond acceptors (Lipinski definition) is 3. The summed E-state index contributed by atoms with van der Waals surface area (Å²) >= 11 is 3.36. The van der Waals surface area contributed by atoms with Crippen LogP contribution in [-0.4, -0.2) is 15.1 Å². The zero-order chi connectivity index (χ0) is 9.26. The molecule has 0 radical (unpaired) electrons. The Morgan fingerprint density at radius 3 is 2.46 bits per heavy atom. The molecule has 1 heterocycles. The minimum Gasteiger partial charge on any atom is -0.322 e. The van der Waals surface area contributed by atoms with Gasteiger partial charge in [0, 0.05) is 10.0 Å². The lowest BCUT2D eigenvalue weighted by atomic mass is 10.2. The minimum atomic E-state index is 0.773. The first-order chi connectivity index (χ1) is 6.25. The number of rotatable bonds is 1. The summed E-state index contributed by atoms with van der Waals surface area (Å²) in [6, 6.07) is 7.80. The van der Waals surface area contributed by atoms with E-state index in [1.54, 1.807) is 6.20 Å². The molecule has 1 aromatic carbocycles. The van der Waals surface area contributed by atoms with Crippen molar-refractivity contribution < 1.29 is 0 Å². The molecule has 2 rings (SSSR count). The lowest BCUT2D eigenvalue weighted by molar-refractivity contribution is 0.766. The van der Waals surface area contributed by atoms with Gasteiger partial charge in [0.05, 0.1) is 6.20 Å². The van der Waals surface area contributed by atoms with Crippen LogP contribution in [0.5, 0.6) is 0 Å². The fraction of sp³-hybridized carbons (Fsp3) is 0. The minimum absolute atomic E-state index is 0.773. The van der Waals surface area contributed by atoms with E-state index in [9.17, 15) is 0 Å². The van der Waals surface area contributed by atoms with Gasteiger partial charge in [0.2, 0.25) is 0 Å². The first-order valence-electron chi connectivity index (χ1n) is 3.69. The topological polar surface area (TPSA) is 56.7 Å². The third-order valence-corrected chi connectivity index (χ3v) is 2.18. The van der Waals surface area contributed by atoms with Gasteiger partial charge < -0.3 is 5.84 Å². The Hall–Kier alpha value is -1.36. The quantitative estimate of drug-likeness (QED) is 0.765. The number of nitrogens with zero attached hydrogens (tertiary/aromatic N) is 3. The van der Waals surface area contributed by atoms with Crippen molar-refractivity contribution in [3.8, 4) is 11.3 Å². The summed E-state index contributed by atoms with van der Waals surface area (Å²) in [6.45, 7) is 0. The molecule has 5 heteroatoms. The molecule has 0 aliphatic heterocycles. The van der Waals surface area contributed by atoms with Crippen molar-refractivity contribution in [1.29, 1.82) is 0 Å². The Balaban J connectivity index is 2.41. The maximum Gasteiger partial charge on any atom is 0.115 e. The summed E-state index contributed by atoms with van der Waals surface area (Å²) < 4.78 is 1.04. The van der Waals surface area contributed by atoms with Crippen molar-refractivity contribution in [2.75, 3.05) is 5.84 Å². The van der Waals surface area contributed by atoms with Gasteiger partial charge in [-0.15, -0.1) is 5.10 Å². The molecule has 0 saturated heterocycles. The lowest BCUT2D eigenvalue weighted by Gasteiger charge is -1.94. The van der Waals surface area contributed by atoms with Gasteiger partial charge >= 0.3 is 0 Å². The Morgan fingerprint density at radius 1 is 1.23 bits per heavy atom. The Labute approximate surface area is 83.5 Å². The Bertz CT molecular complexity index is 406. The fourth-order valence-electron chi connectivity index (χ4n) is 1.03. The van der Waals surface area contributed by atoms with Crippen LogP contribution in [0, 0.1) is 0 Å². The van der Waals surface area contributed by atoms with Crippen molar-refractivity contribution in [1.82, 2.24) is 15.1 Å². The van der Waals surface area contributed by atoms with Crippen molar-refractivity contribution in [2.24, 2.45) is 0 Å². The van der Waals surface area contributed by atoms with Gasteiger partial charge in [0.15, 0.2) is 0 Å². The van der Waals surface area contributed by atoms with Crippen molar-refractivity contribution in [3.63, 3.8) is 0 Å². The SMILES string of the molecule is Nn1cc(-c2ccc(Br)cc2)nn1. The first-order valence-corrected chi connectivity index (χ1v) is 4.48. The average molecular weight is 239 g/mol. The van der Waals surface area contributed by atoms with E-state index in [2.05, 4.69) is 26.2 Å². The van der Waals surface area contributed by atoms with Crippen LogP contribution in [0.3, 0.4) is 0 Å². The van der Waals surface area contributed by atoms with Gasteiger partial charge in [-0.25, -0.2) is 0 Å². The molecule has 1 aromatic heterocycles. The summed E-state index contributed by atoms with van der Waals surface area (Å²) in [4.78, 5) is 1.19. The second kappa shape index (κ2) is 3.18. The molecule has 0 bridgehead atoms. The number of halogens is 1. The summed E-state index contributed by atoms with van der Waals surface area (Å²) in [6.07, 6.45) is 1.67. The van der Waals surface area contributed by atoms with Crippen LogP contribution >= 0.6 is 15.9 Å². The predicted molar refractivity (Wildman–Crippen MR) is 53.3 cm³/mol. The standard InChI is InChI=1S/C8H7BrN4/c9-7-3-1-6(2-4-7)8-5-13(10)12-11-8/h1-5H,10H2. The van der Waals surface area contributed by atoms with Gasteiger partial charge in [-0.05, 0) is 17.3 Å². The number of benzene rings is 1. The van der Waals surface area contributed by atoms with E-state index in [0.29, 0.717) is 0 Å². The van der Waals surface area contributed by atoms with E-state index in [0.717, 1.165) is 15.7 Å². The van der Waals surface area contributed by atoms with Crippen LogP contribution in [-0.2, 0) is 0 Å². The number of nitrogens with two attached hydrogens (primary N) is 1. The second-order valence-electron chi connectivity index (χ2n) is 2.59. The molecule has 0 aliphatic carbocycles. The number of nitrogen functional groups attached to an aromatic ring is 1. The van der Waals surface area contributed by atoms with E-state index in [1.807, 2.05) is 24.3 Å². The maximum atomic E-state index is 5.38. The van der Waals surface area contributed by atoms with Crippen LogP contribution < -0.4 is 5.84 Å². The molecule has 0 atom stereocenters. The first kappa shape index (κ1) is 8.25. The van der Waals surface area contributed by atoms with Crippen molar-refractivity contribution in [3.05, 3.63) is 34.9 Å². The highest BCUT2D eigenvalue weighted by atomic mass is 79.9. The van der Waals surface area contributed by atoms with Gasteiger partial charge in [0.25, 0.3) is 0 Å². The van der Waals surface area contributed by atoms with Crippen LogP contribution in [0.4, 0.5) is 0 Å². The highest BCUT2D eigenvalue weighted by Crippen LogP contribution is 2.18. The highest BCUT2D eigenvalue weighted by Gasteiger charge is 2.00. The van der Waals surface area contributed by atoms with Crippen LogP contribution in [0.2, 0.25) is 0 Å². The molecule has 2 N–H and O–H groups in total. The molecular weight excluding hydrogens is 232 g/mol. The maximum absolute atomic E-state index is 5.38. The monoisotopic (exact) mass is 238 g/mol. The van der Waals surface area contributed by atoms with E-state index in [4.69, 9.17) is 5.84 Å². The summed E-state index contributed by atoms with van der Waals surface area (Å²) in [5.74, 6) is 5.38. The van der Waals surface area contributed by atoms with E-state index >= 15 is 0 Å².